The Balaban J connectivity index is 1.71. The summed E-state index contributed by atoms with van der Waals surface area (Å²) >= 11 is 0. The van der Waals surface area contributed by atoms with E-state index < -0.39 is 0 Å². The van der Waals surface area contributed by atoms with Crippen LogP contribution in [0.3, 0.4) is 0 Å². The topological polar surface area (TPSA) is 98.7 Å². The van der Waals surface area contributed by atoms with Crippen LogP contribution in [0, 0.1) is 6.92 Å². The zero-order valence-corrected chi connectivity index (χ0v) is 15.9. The Morgan fingerprint density at radius 3 is 2.79 bits per heavy atom. The van der Waals surface area contributed by atoms with Gasteiger partial charge in [-0.25, -0.2) is 0 Å². The lowest BCUT2D eigenvalue weighted by Crippen LogP contribution is -2.25. The van der Waals surface area contributed by atoms with E-state index in [0.29, 0.717) is 35.3 Å². The number of rotatable bonds is 5. The summed E-state index contributed by atoms with van der Waals surface area (Å²) in [7, 11) is 1.86. The maximum Gasteiger partial charge on any atom is 0.267 e. The molecule has 4 rings (SSSR count). The fourth-order valence-corrected chi connectivity index (χ4v) is 3.05. The van der Waals surface area contributed by atoms with Gasteiger partial charge in [0.2, 0.25) is 11.7 Å². The van der Waals surface area contributed by atoms with Crippen LogP contribution in [0.5, 0.6) is 0 Å². The Hall–Kier alpha value is -3.55. The minimum atomic E-state index is -0.0882. The van der Waals surface area contributed by atoms with Gasteiger partial charge >= 0.3 is 0 Å². The van der Waals surface area contributed by atoms with E-state index in [2.05, 4.69) is 25.4 Å². The normalized spacial score (nSPS) is 11.1. The molecule has 0 aliphatic carbocycles. The van der Waals surface area contributed by atoms with E-state index in [1.54, 1.807) is 19.3 Å². The molecule has 0 fully saturated rings. The molecule has 0 unspecified atom stereocenters. The van der Waals surface area contributed by atoms with E-state index >= 15 is 0 Å². The number of aryl methyl sites for hydroxylation is 2. The summed E-state index contributed by atoms with van der Waals surface area (Å²) in [6.45, 7) is 4.42. The van der Waals surface area contributed by atoms with Crippen molar-refractivity contribution in [2.75, 3.05) is 6.54 Å². The highest BCUT2D eigenvalue weighted by atomic mass is 16.5. The molecule has 0 aromatic carbocycles. The second kappa shape index (κ2) is 7.22. The van der Waals surface area contributed by atoms with Crippen LogP contribution in [-0.2, 0) is 7.05 Å². The molecule has 0 aliphatic rings. The van der Waals surface area contributed by atoms with Crippen molar-refractivity contribution in [1.82, 2.24) is 30.0 Å². The van der Waals surface area contributed by atoms with Gasteiger partial charge in [0.25, 0.3) is 5.91 Å². The molecule has 4 heterocycles. The lowest BCUT2D eigenvalue weighted by molar-refractivity contribution is 0.0946. The third-order valence-corrected chi connectivity index (χ3v) is 4.51. The minimum absolute atomic E-state index is 0.0882. The van der Waals surface area contributed by atoms with Crippen LogP contribution in [0.4, 0.5) is 0 Å². The van der Waals surface area contributed by atoms with Crippen LogP contribution in [0.1, 0.15) is 29.7 Å². The minimum Gasteiger partial charge on any atom is -0.351 e. The van der Waals surface area contributed by atoms with Crippen LogP contribution in [0.2, 0.25) is 0 Å². The molecule has 4 aromatic heterocycles. The number of hydrogen-bond donors (Lipinski definition) is 1. The number of fused-ring (bicyclic) bond motifs is 1. The summed E-state index contributed by atoms with van der Waals surface area (Å²) in [5.74, 6) is 0.928. The lowest BCUT2D eigenvalue weighted by Gasteiger charge is -2.05. The lowest BCUT2D eigenvalue weighted by atomic mass is 10.1. The second-order valence-corrected chi connectivity index (χ2v) is 6.54. The van der Waals surface area contributed by atoms with E-state index in [-0.39, 0.29) is 5.91 Å². The van der Waals surface area contributed by atoms with Crippen LogP contribution in [0.15, 0.2) is 41.2 Å². The maximum absolute atomic E-state index is 12.4. The highest BCUT2D eigenvalue weighted by Gasteiger charge is 2.15. The fourth-order valence-electron chi connectivity index (χ4n) is 3.05. The predicted octanol–water partition coefficient (Wildman–Crippen LogP) is 3.13. The molecule has 142 valence electrons. The van der Waals surface area contributed by atoms with Gasteiger partial charge in [-0.3, -0.25) is 14.8 Å². The first kappa shape index (κ1) is 17.8. The predicted molar refractivity (Wildman–Crippen MR) is 105 cm³/mol. The molecule has 28 heavy (non-hydrogen) atoms. The molecule has 1 amide bonds. The van der Waals surface area contributed by atoms with Crippen molar-refractivity contribution in [3.8, 4) is 22.8 Å². The van der Waals surface area contributed by atoms with Crippen LogP contribution in [-0.4, -0.2) is 37.1 Å². The van der Waals surface area contributed by atoms with Gasteiger partial charge in [0.15, 0.2) is 0 Å². The molecular formula is C20H20N6O2. The van der Waals surface area contributed by atoms with Gasteiger partial charge in [0.1, 0.15) is 5.69 Å². The first-order chi connectivity index (χ1) is 13.6. The van der Waals surface area contributed by atoms with Crippen molar-refractivity contribution in [2.45, 2.75) is 20.3 Å². The highest BCUT2D eigenvalue weighted by molar-refractivity contribution is 5.99. The number of carbonyl (C=O) groups excluding carboxylic acids is 1. The Bertz CT molecular complexity index is 1160. The number of nitrogens with one attached hydrogen (secondary N) is 1. The van der Waals surface area contributed by atoms with Crippen molar-refractivity contribution in [1.29, 1.82) is 0 Å². The number of aromatic nitrogens is 5. The molecule has 8 nitrogen and oxygen atoms in total. The van der Waals surface area contributed by atoms with Crippen LogP contribution < -0.4 is 5.32 Å². The zero-order chi connectivity index (χ0) is 19.7. The summed E-state index contributed by atoms with van der Waals surface area (Å²) in [6.07, 6.45) is 4.34. The molecule has 8 heteroatoms. The van der Waals surface area contributed by atoms with E-state index in [1.807, 2.05) is 42.8 Å². The summed E-state index contributed by atoms with van der Waals surface area (Å²) in [5, 5.41) is 7.78. The monoisotopic (exact) mass is 376 g/mol. The van der Waals surface area contributed by atoms with Gasteiger partial charge in [-0.2, -0.15) is 4.98 Å². The molecule has 0 aliphatic heterocycles. The first-order valence-electron chi connectivity index (χ1n) is 9.07. The molecule has 0 radical (unpaired) electrons. The third kappa shape index (κ3) is 3.24. The Morgan fingerprint density at radius 1 is 1.21 bits per heavy atom. The number of nitrogens with zero attached hydrogens (tertiary/aromatic N) is 5. The van der Waals surface area contributed by atoms with Crippen molar-refractivity contribution >= 4 is 16.8 Å². The smallest absolute Gasteiger partial charge is 0.267 e. The summed E-state index contributed by atoms with van der Waals surface area (Å²) in [6, 6.07) is 7.50. The molecule has 0 bridgehead atoms. The summed E-state index contributed by atoms with van der Waals surface area (Å²) < 4.78 is 6.90. The fraction of sp³-hybridized carbons (Fsp3) is 0.250. The zero-order valence-electron chi connectivity index (χ0n) is 15.9. The number of hydrogen-bond acceptors (Lipinski definition) is 6. The van der Waals surface area contributed by atoms with E-state index in [9.17, 15) is 4.79 Å². The first-order valence-corrected chi connectivity index (χ1v) is 9.07. The van der Waals surface area contributed by atoms with Crippen molar-refractivity contribution < 1.29 is 9.32 Å². The number of amides is 1. The molecular weight excluding hydrogens is 356 g/mol. The second-order valence-electron chi connectivity index (χ2n) is 6.54. The average Bonchev–Trinajstić information content (AvgIpc) is 3.29. The number of carbonyl (C=O) groups is 1. The molecule has 0 saturated carbocycles. The molecule has 0 spiro atoms. The molecule has 4 aromatic rings. The van der Waals surface area contributed by atoms with E-state index in [0.717, 1.165) is 22.9 Å². The molecule has 0 saturated heterocycles. The van der Waals surface area contributed by atoms with Gasteiger partial charge in [-0.05, 0) is 30.7 Å². The van der Waals surface area contributed by atoms with Gasteiger partial charge in [0, 0.05) is 37.7 Å². The van der Waals surface area contributed by atoms with Gasteiger partial charge in [-0.15, -0.1) is 0 Å². The number of pyridine rings is 2. The Morgan fingerprint density at radius 2 is 2.04 bits per heavy atom. The van der Waals surface area contributed by atoms with Gasteiger partial charge in [-0.1, -0.05) is 12.1 Å². The standard InChI is InChI=1S/C20H20N6O2/c1-4-6-22-20(27)17-10-14-9-16(23-11-18(14)26(17)3)15-8-13(5-7-21-15)19-24-12(2)28-25-19/h5,7-11H,4,6H2,1-3H3,(H,22,27). The van der Waals surface area contributed by atoms with Crippen LogP contribution in [0.25, 0.3) is 33.7 Å². The third-order valence-electron chi connectivity index (χ3n) is 4.51. The summed E-state index contributed by atoms with van der Waals surface area (Å²) in [5.41, 5.74) is 3.70. The average molecular weight is 376 g/mol. The maximum atomic E-state index is 12.4. The molecule has 1 N–H and O–H groups in total. The van der Waals surface area contributed by atoms with E-state index in [4.69, 9.17) is 4.52 Å². The van der Waals surface area contributed by atoms with Crippen molar-refractivity contribution in [2.24, 2.45) is 7.05 Å². The highest BCUT2D eigenvalue weighted by Crippen LogP contribution is 2.25. The quantitative estimate of drug-likeness (QED) is 0.574. The Labute approximate surface area is 161 Å². The Kier molecular flexibility index (Phi) is 4.60. The summed E-state index contributed by atoms with van der Waals surface area (Å²) in [4.78, 5) is 25.6. The van der Waals surface area contributed by atoms with Gasteiger partial charge in [0.05, 0.1) is 23.1 Å². The van der Waals surface area contributed by atoms with Crippen molar-refractivity contribution in [3.05, 3.63) is 48.2 Å². The van der Waals surface area contributed by atoms with E-state index in [1.165, 1.54) is 0 Å². The van der Waals surface area contributed by atoms with Crippen molar-refractivity contribution in [3.63, 3.8) is 0 Å². The SMILES string of the molecule is CCCNC(=O)c1cc2cc(-c3cc(-c4noc(C)n4)ccn3)ncc2n1C. The van der Waals surface area contributed by atoms with Gasteiger partial charge < -0.3 is 14.4 Å². The van der Waals surface area contributed by atoms with Crippen LogP contribution >= 0.6 is 0 Å². The molecule has 0 atom stereocenters. The largest absolute Gasteiger partial charge is 0.351 e.